The van der Waals surface area contributed by atoms with Crippen molar-refractivity contribution in [2.45, 2.75) is 13.0 Å². The third kappa shape index (κ3) is 3.78. The Morgan fingerprint density at radius 1 is 0.719 bits per heavy atom. The molecule has 0 unspecified atom stereocenters. The second-order valence-electron chi connectivity index (χ2n) is 8.15. The van der Waals surface area contributed by atoms with Crippen LogP contribution in [0.25, 0.3) is 0 Å². The molecule has 3 aliphatic rings. The number of aromatic nitrogens is 2. The molecule has 1 saturated heterocycles. The van der Waals surface area contributed by atoms with Crippen LogP contribution in [0.4, 0.5) is 5.95 Å². The van der Waals surface area contributed by atoms with Crippen molar-refractivity contribution in [2.24, 2.45) is 0 Å². The van der Waals surface area contributed by atoms with Crippen molar-refractivity contribution in [3.63, 3.8) is 0 Å². The first-order chi connectivity index (χ1) is 15.8. The Labute approximate surface area is 186 Å². The number of anilines is 1. The molecule has 1 fully saturated rings. The van der Waals surface area contributed by atoms with Crippen molar-refractivity contribution in [2.75, 3.05) is 44.7 Å². The Morgan fingerprint density at radius 2 is 1.38 bits per heavy atom. The summed E-state index contributed by atoms with van der Waals surface area (Å²) in [5, 5.41) is 0. The summed E-state index contributed by atoms with van der Waals surface area (Å²) >= 11 is 0. The van der Waals surface area contributed by atoms with Gasteiger partial charge in [-0.3, -0.25) is 4.90 Å². The number of piperazine rings is 1. The van der Waals surface area contributed by atoms with Crippen molar-refractivity contribution in [3.05, 3.63) is 65.5 Å². The molecule has 0 N–H and O–H groups in total. The van der Waals surface area contributed by atoms with E-state index in [2.05, 4.69) is 44.0 Å². The number of rotatable bonds is 5. The van der Waals surface area contributed by atoms with Crippen LogP contribution in [0.3, 0.4) is 0 Å². The normalized spacial score (nSPS) is 17.1. The minimum atomic E-state index is 0.276. The third-order valence-corrected chi connectivity index (χ3v) is 6.13. The topological polar surface area (TPSA) is 69.2 Å². The SMILES string of the molecule is c1cnc(N2CCN(Cc3cc4c(cc3Cc3ccc5c(c3)OCO5)OCO4)CC2)nc1. The standard InChI is InChI=1S/C24H24N4O4/c1-4-25-24(26-5-1)28-8-6-27(7-9-28)14-19-13-23-22(31-16-32-23)12-18(19)10-17-2-3-20-21(11-17)30-15-29-20/h1-5,11-13H,6-10,14-16H2. The molecule has 0 saturated carbocycles. The van der Waals surface area contributed by atoms with Crippen molar-refractivity contribution in [1.82, 2.24) is 14.9 Å². The van der Waals surface area contributed by atoms with Gasteiger partial charge in [0.2, 0.25) is 19.5 Å². The number of hydrogen-bond acceptors (Lipinski definition) is 8. The molecule has 0 atom stereocenters. The molecule has 164 valence electrons. The Bertz CT molecular complexity index is 1120. The lowest BCUT2D eigenvalue weighted by molar-refractivity contribution is 0.173. The van der Waals surface area contributed by atoms with Crippen molar-refractivity contribution in [3.8, 4) is 23.0 Å². The maximum absolute atomic E-state index is 5.67. The first-order valence-corrected chi connectivity index (χ1v) is 10.9. The molecule has 1 aromatic heterocycles. The Hall–Kier alpha value is -3.52. The highest BCUT2D eigenvalue weighted by Crippen LogP contribution is 2.38. The van der Waals surface area contributed by atoms with Crippen LogP contribution in [-0.2, 0) is 13.0 Å². The van der Waals surface area contributed by atoms with Gasteiger partial charge in [-0.2, -0.15) is 0 Å². The summed E-state index contributed by atoms with van der Waals surface area (Å²) in [5.74, 6) is 4.06. The molecular formula is C24H24N4O4. The zero-order chi connectivity index (χ0) is 21.3. The van der Waals surface area contributed by atoms with E-state index in [1.165, 1.54) is 16.7 Å². The highest BCUT2D eigenvalue weighted by Gasteiger charge is 2.23. The van der Waals surface area contributed by atoms with Gasteiger partial charge in [-0.25, -0.2) is 9.97 Å². The number of benzene rings is 2. The molecule has 6 rings (SSSR count). The molecule has 4 heterocycles. The maximum Gasteiger partial charge on any atom is 0.231 e. The van der Waals surface area contributed by atoms with E-state index < -0.39 is 0 Å². The monoisotopic (exact) mass is 432 g/mol. The van der Waals surface area contributed by atoms with E-state index in [9.17, 15) is 0 Å². The number of nitrogens with zero attached hydrogens (tertiary/aromatic N) is 4. The van der Waals surface area contributed by atoms with Gasteiger partial charge < -0.3 is 23.8 Å². The molecule has 8 heteroatoms. The summed E-state index contributed by atoms with van der Waals surface area (Å²) in [7, 11) is 0. The Morgan fingerprint density at radius 3 is 2.12 bits per heavy atom. The highest BCUT2D eigenvalue weighted by molar-refractivity contribution is 5.51. The molecule has 3 aromatic rings. The van der Waals surface area contributed by atoms with Gasteiger partial charge in [0.1, 0.15) is 0 Å². The van der Waals surface area contributed by atoms with Gasteiger partial charge in [-0.1, -0.05) is 6.07 Å². The fourth-order valence-electron chi connectivity index (χ4n) is 4.41. The zero-order valence-corrected chi connectivity index (χ0v) is 17.7. The van der Waals surface area contributed by atoms with Crippen molar-refractivity contribution in [1.29, 1.82) is 0 Å². The van der Waals surface area contributed by atoms with Gasteiger partial charge in [0, 0.05) is 45.1 Å². The van der Waals surface area contributed by atoms with Gasteiger partial charge in [0.25, 0.3) is 0 Å². The van der Waals surface area contributed by atoms with E-state index in [4.69, 9.17) is 18.9 Å². The molecule has 0 aliphatic carbocycles. The molecule has 0 bridgehead atoms. The summed E-state index contributed by atoms with van der Waals surface area (Å²) in [4.78, 5) is 13.5. The van der Waals surface area contributed by atoms with Crippen LogP contribution in [0.15, 0.2) is 48.8 Å². The molecule has 3 aliphatic heterocycles. The summed E-state index contributed by atoms with van der Waals surface area (Å²) in [6.45, 7) is 5.15. The lowest BCUT2D eigenvalue weighted by Crippen LogP contribution is -2.46. The van der Waals surface area contributed by atoms with Crippen molar-refractivity contribution >= 4 is 5.95 Å². The van der Waals surface area contributed by atoms with E-state index in [-0.39, 0.29) is 13.6 Å². The van der Waals surface area contributed by atoms with Gasteiger partial charge >= 0.3 is 0 Å². The highest BCUT2D eigenvalue weighted by atomic mass is 16.7. The predicted molar refractivity (Wildman–Crippen MR) is 117 cm³/mol. The molecule has 0 spiro atoms. The molecule has 0 radical (unpaired) electrons. The van der Waals surface area contributed by atoms with Crippen molar-refractivity contribution < 1.29 is 18.9 Å². The van der Waals surface area contributed by atoms with Crippen LogP contribution in [0.5, 0.6) is 23.0 Å². The minimum Gasteiger partial charge on any atom is -0.454 e. The summed E-state index contributed by atoms with van der Waals surface area (Å²) < 4.78 is 22.3. The Kier molecular flexibility index (Phi) is 4.92. The van der Waals surface area contributed by atoms with Crippen LogP contribution in [0, 0.1) is 0 Å². The Balaban J connectivity index is 1.20. The predicted octanol–water partition coefficient (Wildman–Crippen LogP) is 2.85. The average Bonchev–Trinajstić information content (AvgIpc) is 3.49. The maximum atomic E-state index is 5.67. The average molecular weight is 432 g/mol. The largest absolute Gasteiger partial charge is 0.454 e. The third-order valence-electron chi connectivity index (χ3n) is 6.13. The van der Waals surface area contributed by atoms with E-state index >= 15 is 0 Å². The van der Waals surface area contributed by atoms with Crippen LogP contribution >= 0.6 is 0 Å². The number of fused-ring (bicyclic) bond motifs is 2. The smallest absolute Gasteiger partial charge is 0.231 e. The quantitative estimate of drug-likeness (QED) is 0.610. The van der Waals surface area contributed by atoms with Gasteiger partial charge in [-0.05, 0) is 53.4 Å². The number of ether oxygens (including phenoxy) is 4. The second kappa shape index (κ2) is 8.20. The van der Waals surface area contributed by atoms with E-state index in [1.54, 1.807) is 12.4 Å². The lowest BCUT2D eigenvalue weighted by atomic mass is 9.98. The van der Waals surface area contributed by atoms with Crippen LogP contribution in [0.2, 0.25) is 0 Å². The van der Waals surface area contributed by atoms with Gasteiger partial charge in [-0.15, -0.1) is 0 Å². The summed E-state index contributed by atoms with van der Waals surface area (Å²) in [5.41, 5.74) is 3.68. The van der Waals surface area contributed by atoms with Crippen LogP contribution < -0.4 is 23.8 Å². The lowest BCUT2D eigenvalue weighted by Gasteiger charge is -2.35. The van der Waals surface area contributed by atoms with E-state index in [0.29, 0.717) is 0 Å². The fourth-order valence-corrected chi connectivity index (χ4v) is 4.41. The van der Waals surface area contributed by atoms with Gasteiger partial charge in [0.15, 0.2) is 23.0 Å². The van der Waals surface area contributed by atoms with Crippen LogP contribution in [0.1, 0.15) is 16.7 Å². The molecule has 32 heavy (non-hydrogen) atoms. The van der Waals surface area contributed by atoms with E-state index in [0.717, 1.165) is 68.1 Å². The molecule has 0 amide bonds. The molecular weight excluding hydrogens is 408 g/mol. The fraction of sp³-hybridized carbons (Fsp3) is 0.333. The molecule has 2 aromatic carbocycles. The zero-order valence-electron chi connectivity index (χ0n) is 17.7. The first kappa shape index (κ1) is 19.2. The number of hydrogen-bond donors (Lipinski definition) is 0. The minimum absolute atomic E-state index is 0.276. The van der Waals surface area contributed by atoms with Gasteiger partial charge in [0.05, 0.1) is 0 Å². The second-order valence-corrected chi connectivity index (χ2v) is 8.15. The van der Waals surface area contributed by atoms with Crippen LogP contribution in [-0.4, -0.2) is 54.6 Å². The summed E-state index contributed by atoms with van der Waals surface area (Å²) in [6.07, 6.45) is 4.38. The summed E-state index contributed by atoms with van der Waals surface area (Å²) in [6, 6.07) is 12.2. The van der Waals surface area contributed by atoms with E-state index in [1.807, 2.05) is 12.1 Å². The molecule has 8 nitrogen and oxygen atoms in total. The first-order valence-electron chi connectivity index (χ1n) is 10.9.